The second-order valence-electron chi connectivity index (χ2n) is 19.9. The lowest BCUT2D eigenvalue weighted by molar-refractivity contribution is -0.249. The highest BCUT2D eigenvalue weighted by Crippen LogP contribution is 2.77. The molecule has 0 bridgehead atoms. The van der Waals surface area contributed by atoms with Gasteiger partial charge in [0, 0.05) is 12.0 Å². The fourth-order valence-corrected chi connectivity index (χ4v) is 13.7. The normalized spacial score (nSPS) is 39.2. The number of carboxylic acid groups (broad SMARTS) is 1. The van der Waals surface area contributed by atoms with Gasteiger partial charge in [0.2, 0.25) is 5.91 Å². The van der Waals surface area contributed by atoms with Crippen molar-refractivity contribution in [3.8, 4) is 5.75 Å². The van der Waals surface area contributed by atoms with E-state index in [0.717, 1.165) is 70.0 Å². The van der Waals surface area contributed by atoms with Crippen molar-refractivity contribution in [2.45, 2.75) is 139 Å². The number of ether oxygens (including phenoxy) is 2. The van der Waals surface area contributed by atoms with Crippen LogP contribution in [0.1, 0.15) is 132 Å². The van der Waals surface area contributed by atoms with E-state index in [2.05, 4.69) is 65.6 Å². The molecule has 0 radical (unpaired) electrons. The van der Waals surface area contributed by atoms with Crippen LogP contribution in [0, 0.1) is 62.1 Å². The summed E-state index contributed by atoms with van der Waals surface area (Å²) in [5.74, 6) is 1.84. The van der Waals surface area contributed by atoms with E-state index in [-0.39, 0.29) is 45.5 Å². The Hall–Kier alpha value is -2.83. The van der Waals surface area contributed by atoms with Crippen LogP contribution >= 0.6 is 0 Å². The average molecular weight is 718 g/mol. The molecule has 0 heterocycles. The molecule has 7 heteroatoms. The number of aliphatic carboxylic acids is 1. The summed E-state index contributed by atoms with van der Waals surface area (Å²) in [6.45, 7) is 22.9. The van der Waals surface area contributed by atoms with Gasteiger partial charge in [-0.05, 0) is 155 Å². The first-order valence-electron chi connectivity index (χ1n) is 20.3. The number of methoxy groups -OCH3 is 1. The number of nitrogens with one attached hydrogen (secondary N) is 1. The Morgan fingerprint density at radius 2 is 1.65 bits per heavy atom. The summed E-state index contributed by atoms with van der Waals surface area (Å²) >= 11 is 0. The van der Waals surface area contributed by atoms with Gasteiger partial charge in [0.05, 0.1) is 24.4 Å². The molecule has 1 aromatic carbocycles. The maximum atomic E-state index is 14.5. The minimum atomic E-state index is -1.15. The molecule has 6 rings (SSSR count). The molecule has 7 nitrogen and oxygen atoms in total. The first-order chi connectivity index (χ1) is 24.3. The van der Waals surface area contributed by atoms with Crippen LogP contribution in [-0.4, -0.2) is 42.7 Å². The van der Waals surface area contributed by atoms with Crippen LogP contribution < -0.4 is 10.1 Å². The Kier molecular flexibility index (Phi) is 10.1. The van der Waals surface area contributed by atoms with Crippen molar-refractivity contribution < 1.29 is 29.0 Å². The van der Waals surface area contributed by atoms with Crippen LogP contribution in [0.15, 0.2) is 36.4 Å². The van der Waals surface area contributed by atoms with Gasteiger partial charge in [-0.25, -0.2) is 0 Å². The molecule has 1 aromatic rings. The summed E-state index contributed by atoms with van der Waals surface area (Å²) in [4.78, 5) is 39.4. The highest BCUT2D eigenvalue weighted by atomic mass is 16.5. The first kappa shape index (κ1) is 38.9. The van der Waals surface area contributed by atoms with Gasteiger partial charge < -0.3 is 19.9 Å². The van der Waals surface area contributed by atoms with Crippen LogP contribution in [0.5, 0.6) is 5.75 Å². The van der Waals surface area contributed by atoms with Gasteiger partial charge in [-0.1, -0.05) is 58.9 Å². The van der Waals surface area contributed by atoms with Gasteiger partial charge in [-0.15, -0.1) is 0 Å². The van der Waals surface area contributed by atoms with E-state index in [4.69, 9.17) is 9.47 Å². The van der Waals surface area contributed by atoms with Crippen LogP contribution in [0.2, 0.25) is 0 Å². The van der Waals surface area contributed by atoms with E-state index in [1.807, 2.05) is 12.1 Å². The highest BCUT2D eigenvalue weighted by Gasteiger charge is 2.72. The number of benzene rings is 1. The molecule has 5 saturated carbocycles. The molecule has 0 aromatic heterocycles. The first-order valence-corrected chi connectivity index (χ1v) is 20.3. The maximum absolute atomic E-state index is 14.5. The Labute approximate surface area is 313 Å². The third kappa shape index (κ3) is 6.03. The van der Waals surface area contributed by atoms with E-state index in [9.17, 15) is 19.5 Å². The summed E-state index contributed by atoms with van der Waals surface area (Å²) in [7, 11) is 1.69. The van der Waals surface area contributed by atoms with Crippen LogP contribution in [0.25, 0.3) is 0 Å². The second kappa shape index (κ2) is 13.5. The lowest BCUT2D eigenvalue weighted by atomic mass is 9.32. The Bertz CT molecular complexity index is 1580. The van der Waals surface area contributed by atoms with Gasteiger partial charge in [0.25, 0.3) is 0 Å². The largest absolute Gasteiger partial charge is 0.497 e. The number of hydrogen-bond acceptors (Lipinski definition) is 5. The summed E-state index contributed by atoms with van der Waals surface area (Å²) < 4.78 is 11.6. The van der Waals surface area contributed by atoms with Crippen molar-refractivity contribution in [3.63, 3.8) is 0 Å². The number of carbonyl (C=O) groups excluding carboxylic acids is 2. The number of amides is 1. The minimum absolute atomic E-state index is 0.114. The van der Waals surface area contributed by atoms with Gasteiger partial charge in [0.1, 0.15) is 11.9 Å². The molecule has 0 unspecified atom stereocenters. The highest BCUT2D eigenvalue weighted by molar-refractivity contribution is 5.84. The summed E-state index contributed by atoms with van der Waals surface area (Å²) in [5, 5.41) is 13.1. The number of carboxylic acids is 1. The third-order valence-corrected chi connectivity index (χ3v) is 16.7. The minimum Gasteiger partial charge on any atom is -0.497 e. The van der Waals surface area contributed by atoms with Crippen molar-refractivity contribution in [1.29, 1.82) is 0 Å². The molecule has 1 amide bonds. The molecule has 288 valence electrons. The van der Waals surface area contributed by atoms with Crippen molar-refractivity contribution in [2.24, 2.45) is 62.1 Å². The second-order valence-corrected chi connectivity index (χ2v) is 19.9. The molecule has 0 aliphatic heterocycles. The molecule has 52 heavy (non-hydrogen) atoms. The molecule has 5 aliphatic carbocycles. The van der Waals surface area contributed by atoms with Crippen LogP contribution in [0.3, 0.4) is 0 Å². The number of esters is 1. The van der Waals surface area contributed by atoms with E-state index in [0.29, 0.717) is 36.1 Å². The standard InChI is InChI=1S/C45H67NO6/c1-28(2)31-16-22-45(38(48)46-25-19-29-12-11-13-30(26-29)51-10)24-23-43(8)32(37(31)45)14-15-34-42(7)20-18-35(52-36(47)27-40(3,4)39(49)50)41(5,6)33(42)17-21-44(34,43)9/h11-13,26,31-35,37H,1,14-25,27H2,2-10H3,(H,46,48)(H,49,50)/t31-,32+,33-,34+,35-,37+,42-,43+,44+,45-/m0/s1. The number of allylic oxidation sites excluding steroid dienone is 1. The molecular weight excluding hydrogens is 650 g/mol. The third-order valence-electron chi connectivity index (χ3n) is 16.7. The zero-order valence-electron chi connectivity index (χ0n) is 33.7. The molecular formula is C45H67NO6. The SMILES string of the molecule is C=C(C)[C@@H]1CC[C@]2(C(=O)NCCc3cccc(OC)c3)CC[C@]3(C)[C@H](CC[C@@H]4[C@@]5(C)CC[C@H](OC(=O)CC(C)(C)C(=O)O)C(C)(C)[C@@H]5CC[C@]43C)[C@@H]12. The van der Waals surface area contributed by atoms with E-state index >= 15 is 0 Å². The van der Waals surface area contributed by atoms with Gasteiger partial charge in [0.15, 0.2) is 0 Å². The Morgan fingerprint density at radius 3 is 2.33 bits per heavy atom. The van der Waals surface area contributed by atoms with Gasteiger partial charge in [-0.2, -0.15) is 0 Å². The molecule has 0 saturated heterocycles. The summed E-state index contributed by atoms with van der Waals surface area (Å²) in [5.41, 5.74) is 1.08. The quantitative estimate of drug-likeness (QED) is 0.185. The predicted octanol–water partition coefficient (Wildman–Crippen LogP) is 9.42. The Morgan fingerprint density at radius 1 is 0.923 bits per heavy atom. The maximum Gasteiger partial charge on any atom is 0.309 e. The van der Waals surface area contributed by atoms with E-state index in [1.165, 1.54) is 17.6 Å². The zero-order valence-corrected chi connectivity index (χ0v) is 33.7. The molecule has 5 fully saturated rings. The van der Waals surface area contributed by atoms with E-state index < -0.39 is 17.4 Å². The Balaban J connectivity index is 1.22. The van der Waals surface area contributed by atoms with Crippen molar-refractivity contribution in [3.05, 3.63) is 42.0 Å². The molecule has 0 spiro atoms. The van der Waals surface area contributed by atoms with Gasteiger partial charge in [-0.3, -0.25) is 14.4 Å². The predicted molar refractivity (Wildman–Crippen MR) is 205 cm³/mol. The zero-order chi connectivity index (χ0) is 38.1. The smallest absolute Gasteiger partial charge is 0.309 e. The van der Waals surface area contributed by atoms with Crippen molar-refractivity contribution in [2.75, 3.05) is 13.7 Å². The number of rotatable bonds is 10. The van der Waals surface area contributed by atoms with Crippen LogP contribution in [0.4, 0.5) is 0 Å². The lowest BCUT2D eigenvalue weighted by Crippen LogP contribution is -2.67. The average Bonchev–Trinajstić information content (AvgIpc) is 3.47. The summed E-state index contributed by atoms with van der Waals surface area (Å²) in [6, 6.07) is 8.13. The lowest BCUT2D eigenvalue weighted by Gasteiger charge is -2.72. The fraction of sp³-hybridized carbons (Fsp3) is 0.756. The monoisotopic (exact) mass is 717 g/mol. The van der Waals surface area contributed by atoms with E-state index in [1.54, 1.807) is 21.0 Å². The van der Waals surface area contributed by atoms with Crippen molar-refractivity contribution >= 4 is 17.8 Å². The number of carbonyl (C=O) groups is 3. The fourth-order valence-electron chi connectivity index (χ4n) is 13.7. The molecule has 5 aliphatic rings. The van der Waals surface area contributed by atoms with Crippen LogP contribution in [-0.2, 0) is 25.5 Å². The number of hydrogen-bond donors (Lipinski definition) is 2. The molecule has 10 atom stereocenters. The number of fused-ring (bicyclic) bond motifs is 7. The molecule has 2 N–H and O–H groups in total. The van der Waals surface area contributed by atoms with Gasteiger partial charge >= 0.3 is 11.9 Å². The summed E-state index contributed by atoms with van der Waals surface area (Å²) in [6.07, 6.45) is 10.9. The topological polar surface area (TPSA) is 102 Å². The van der Waals surface area contributed by atoms with Crippen molar-refractivity contribution in [1.82, 2.24) is 5.32 Å².